The standard InChI is InChI=1S/C15H22N4O2/c16-15(21)19-13-5-1-4-12(9-13)18-14(20)7-6-11-3-2-8-17-10-11/h1,4-5,9,11,17H,2-3,6-8,10H2,(H,18,20)(H3,16,19,21). The Kier molecular flexibility index (Phi) is 5.57. The van der Waals surface area contributed by atoms with Gasteiger partial charge in [0.25, 0.3) is 0 Å². The number of amides is 3. The first-order chi connectivity index (χ1) is 10.1. The maximum absolute atomic E-state index is 11.9. The summed E-state index contributed by atoms with van der Waals surface area (Å²) in [5, 5.41) is 8.68. The Labute approximate surface area is 124 Å². The molecule has 1 aromatic carbocycles. The van der Waals surface area contributed by atoms with Crippen molar-refractivity contribution in [2.24, 2.45) is 11.7 Å². The van der Waals surface area contributed by atoms with Gasteiger partial charge in [-0.05, 0) is 56.5 Å². The van der Waals surface area contributed by atoms with Gasteiger partial charge >= 0.3 is 6.03 Å². The average molecular weight is 290 g/mol. The van der Waals surface area contributed by atoms with Crippen molar-refractivity contribution in [3.8, 4) is 0 Å². The Morgan fingerprint density at radius 2 is 2.05 bits per heavy atom. The van der Waals surface area contributed by atoms with Gasteiger partial charge in [-0.1, -0.05) is 6.07 Å². The van der Waals surface area contributed by atoms with Gasteiger partial charge in [0.15, 0.2) is 0 Å². The van der Waals surface area contributed by atoms with Crippen LogP contribution in [-0.2, 0) is 4.79 Å². The highest BCUT2D eigenvalue weighted by Gasteiger charge is 2.14. The molecule has 114 valence electrons. The number of carbonyl (C=O) groups excluding carboxylic acids is 2. The first kappa shape index (κ1) is 15.3. The first-order valence-electron chi connectivity index (χ1n) is 7.30. The number of benzene rings is 1. The summed E-state index contributed by atoms with van der Waals surface area (Å²) < 4.78 is 0. The van der Waals surface area contributed by atoms with Crippen molar-refractivity contribution >= 4 is 23.3 Å². The Balaban J connectivity index is 1.80. The van der Waals surface area contributed by atoms with Crippen molar-refractivity contribution in [1.29, 1.82) is 0 Å². The molecule has 1 aliphatic heterocycles. The molecule has 1 heterocycles. The minimum absolute atomic E-state index is 0.00296. The molecule has 1 aliphatic rings. The molecule has 0 aromatic heterocycles. The van der Waals surface area contributed by atoms with Gasteiger partial charge in [0, 0.05) is 17.8 Å². The normalized spacial score (nSPS) is 18.0. The number of rotatable bonds is 5. The van der Waals surface area contributed by atoms with Crippen molar-refractivity contribution in [2.75, 3.05) is 23.7 Å². The molecule has 6 heteroatoms. The number of anilines is 2. The number of hydrogen-bond donors (Lipinski definition) is 4. The Bertz CT molecular complexity index is 498. The predicted molar refractivity (Wildman–Crippen MR) is 83.1 cm³/mol. The summed E-state index contributed by atoms with van der Waals surface area (Å²) in [6.45, 7) is 2.09. The van der Waals surface area contributed by atoms with Crippen LogP contribution in [-0.4, -0.2) is 25.0 Å². The molecule has 3 amide bonds. The van der Waals surface area contributed by atoms with Gasteiger partial charge < -0.3 is 21.7 Å². The number of piperidine rings is 1. The lowest BCUT2D eigenvalue weighted by Crippen LogP contribution is -2.30. The van der Waals surface area contributed by atoms with Gasteiger partial charge in [0.1, 0.15) is 0 Å². The molecule has 6 nitrogen and oxygen atoms in total. The van der Waals surface area contributed by atoms with Crippen molar-refractivity contribution in [2.45, 2.75) is 25.7 Å². The van der Waals surface area contributed by atoms with Crippen LogP contribution in [0.25, 0.3) is 0 Å². The fourth-order valence-electron chi connectivity index (χ4n) is 2.55. The molecule has 0 radical (unpaired) electrons. The van der Waals surface area contributed by atoms with Crippen LogP contribution in [0.15, 0.2) is 24.3 Å². The van der Waals surface area contributed by atoms with E-state index in [1.165, 1.54) is 12.8 Å². The lowest BCUT2D eigenvalue weighted by molar-refractivity contribution is -0.116. The van der Waals surface area contributed by atoms with E-state index in [0.717, 1.165) is 19.5 Å². The summed E-state index contributed by atoms with van der Waals surface area (Å²) >= 11 is 0. The number of primary amides is 1. The molecule has 2 rings (SSSR count). The van der Waals surface area contributed by atoms with E-state index < -0.39 is 6.03 Å². The number of hydrogen-bond acceptors (Lipinski definition) is 3. The average Bonchev–Trinajstić information content (AvgIpc) is 2.46. The lowest BCUT2D eigenvalue weighted by atomic mass is 9.94. The Morgan fingerprint density at radius 1 is 1.29 bits per heavy atom. The molecule has 0 saturated carbocycles. The maximum Gasteiger partial charge on any atom is 0.316 e. The predicted octanol–water partition coefficient (Wildman–Crippen LogP) is 1.90. The lowest BCUT2D eigenvalue weighted by Gasteiger charge is -2.22. The highest BCUT2D eigenvalue weighted by Crippen LogP contribution is 2.18. The molecule has 0 aliphatic carbocycles. The van der Waals surface area contributed by atoms with Crippen LogP contribution in [0, 0.1) is 5.92 Å². The summed E-state index contributed by atoms with van der Waals surface area (Å²) in [6.07, 6.45) is 3.79. The third kappa shape index (κ3) is 5.43. The summed E-state index contributed by atoms with van der Waals surface area (Å²) in [5.74, 6) is 0.587. The van der Waals surface area contributed by atoms with E-state index in [-0.39, 0.29) is 5.91 Å². The Hall–Kier alpha value is -2.08. The third-order valence-electron chi connectivity index (χ3n) is 3.59. The number of carbonyl (C=O) groups is 2. The third-order valence-corrected chi connectivity index (χ3v) is 3.59. The summed E-state index contributed by atoms with van der Waals surface area (Å²) in [6, 6.07) is 6.32. The highest BCUT2D eigenvalue weighted by atomic mass is 16.2. The highest BCUT2D eigenvalue weighted by molar-refractivity contribution is 5.93. The molecule has 0 bridgehead atoms. The van der Waals surface area contributed by atoms with Crippen LogP contribution >= 0.6 is 0 Å². The number of nitrogens with two attached hydrogens (primary N) is 1. The monoisotopic (exact) mass is 290 g/mol. The van der Waals surface area contributed by atoms with Gasteiger partial charge in [-0.25, -0.2) is 4.79 Å². The zero-order valence-electron chi connectivity index (χ0n) is 12.0. The second kappa shape index (κ2) is 7.64. The van der Waals surface area contributed by atoms with Gasteiger partial charge in [-0.2, -0.15) is 0 Å². The van der Waals surface area contributed by atoms with E-state index in [9.17, 15) is 9.59 Å². The van der Waals surface area contributed by atoms with Gasteiger partial charge in [0.05, 0.1) is 0 Å². The topological polar surface area (TPSA) is 96.2 Å². The minimum atomic E-state index is -0.622. The fraction of sp³-hybridized carbons (Fsp3) is 0.467. The molecule has 5 N–H and O–H groups in total. The zero-order chi connectivity index (χ0) is 15.1. The largest absolute Gasteiger partial charge is 0.351 e. The smallest absolute Gasteiger partial charge is 0.316 e. The molecule has 1 saturated heterocycles. The van der Waals surface area contributed by atoms with E-state index in [1.807, 2.05) is 0 Å². The molecule has 1 unspecified atom stereocenters. The van der Waals surface area contributed by atoms with Crippen LogP contribution < -0.4 is 21.7 Å². The SMILES string of the molecule is NC(=O)Nc1cccc(NC(=O)CCC2CCCNC2)c1. The van der Waals surface area contributed by atoms with E-state index in [0.29, 0.717) is 23.7 Å². The van der Waals surface area contributed by atoms with E-state index >= 15 is 0 Å². The van der Waals surface area contributed by atoms with E-state index in [1.54, 1.807) is 24.3 Å². The van der Waals surface area contributed by atoms with Crippen molar-refractivity contribution in [3.63, 3.8) is 0 Å². The molecule has 1 aromatic rings. The molecule has 21 heavy (non-hydrogen) atoms. The quantitative estimate of drug-likeness (QED) is 0.667. The van der Waals surface area contributed by atoms with Crippen LogP contribution in [0.2, 0.25) is 0 Å². The van der Waals surface area contributed by atoms with Crippen LogP contribution in [0.4, 0.5) is 16.2 Å². The van der Waals surface area contributed by atoms with E-state index in [2.05, 4.69) is 16.0 Å². The Morgan fingerprint density at radius 3 is 2.71 bits per heavy atom. The van der Waals surface area contributed by atoms with Crippen molar-refractivity contribution in [3.05, 3.63) is 24.3 Å². The molecular formula is C15H22N4O2. The molecule has 1 atom stereocenters. The van der Waals surface area contributed by atoms with Crippen molar-refractivity contribution in [1.82, 2.24) is 5.32 Å². The van der Waals surface area contributed by atoms with Gasteiger partial charge in [0.2, 0.25) is 5.91 Å². The second-order valence-electron chi connectivity index (χ2n) is 5.37. The van der Waals surface area contributed by atoms with E-state index in [4.69, 9.17) is 5.73 Å². The number of nitrogens with one attached hydrogen (secondary N) is 3. The minimum Gasteiger partial charge on any atom is -0.351 e. The molecule has 0 spiro atoms. The van der Waals surface area contributed by atoms with Crippen LogP contribution in [0.3, 0.4) is 0 Å². The van der Waals surface area contributed by atoms with Crippen LogP contribution in [0.5, 0.6) is 0 Å². The second-order valence-corrected chi connectivity index (χ2v) is 5.37. The molecular weight excluding hydrogens is 268 g/mol. The van der Waals surface area contributed by atoms with Gasteiger partial charge in [-0.15, -0.1) is 0 Å². The fourth-order valence-corrected chi connectivity index (χ4v) is 2.55. The van der Waals surface area contributed by atoms with Crippen LogP contribution in [0.1, 0.15) is 25.7 Å². The summed E-state index contributed by atoms with van der Waals surface area (Å²) in [4.78, 5) is 22.7. The summed E-state index contributed by atoms with van der Waals surface area (Å²) in [5.41, 5.74) is 6.29. The summed E-state index contributed by atoms with van der Waals surface area (Å²) in [7, 11) is 0. The van der Waals surface area contributed by atoms with Crippen molar-refractivity contribution < 1.29 is 9.59 Å². The first-order valence-corrected chi connectivity index (χ1v) is 7.30. The number of urea groups is 1. The maximum atomic E-state index is 11.9. The van der Waals surface area contributed by atoms with Gasteiger partial charge in [-0.3, -0.25) is 4.79 Å². The zero-order valence-corrected chi connectivity index (χ0v) is 12.0. The molecule has 1 fully saturated rings.